The number of rotatable bonds is 14. The number of amides is 3. The van der Waals surface area contributed by atoms with Crippen molar-refractivity contribution in [1.29, 1.82) is 0 Å². The van der Waals surface area contributed by atoms with E-state index < -0.39 is 54.0 Å². The Kier molecular flexibility index (Phi) is 9.67. The SMILES string of the molecule is CC(O)C(N)C(=O)NC(Cc1cnc[nH]1)C(=O)NC(Cc1cnc[nH]1)C(=O)NC(Cc1c[nH]c2ccccc12)C(=O)O. The first-order valence-corrected chi connectivity index (χ1v) is 13.2. The molecule has 4 aromatic rings. The van der Waals surface area contributed by atoms with Crippen LogP contribution in [0.15, 0.2) is 55.5 Å². The normalized spacial score (nSPS) is 14.8. The highest BCUT2D eigenvalue weighted by Gasteiger charge is 2.32. The summed E-state index contributed by atoms with van der Waals surface area (Å²) >= 11 is 0. The minimum Gasteiger partial charge on any atom is -0.480 e. The molecule has 0 saturated carbocycles. The Balaban J connectivity index is 1.53. The van der Waals surface area contributed by atoms with E-state index in [4.69, 9.17) is 5.73 Å². The number of aliphatic carboxylic acids is 1. The Morgan fingerprint density at radius 1 is 0.833 bits per heavy atom. The molecule has 222 valence electrons. The van der Waals surface area contributed by atoms with Gasteiger partial charge in [0.2, 0.25) is 17.7 Å². The third kappa shape index (κ3) is 7.58. The number of aromatic nitrogens is 5. The van der Waals surface area contributed by atoms with Crippen molar-refractivity contribution in [1.82, 2.24) is 40.9 Å². The fraction of sp³-hybridized carbons (Fsp3) is 0.333. The van der Waals surface area contributed by atoms with E-state index in [2.05, 4.69) is 40.9 Å². The van der Waals surface area contributed by atoms with Crippen LogP contribution in [0.2, 0.25) is 0 Å². The van der Waals surface area contributed by atoms with Crippen molar-refractivity contribution < 1.29 is 29.4 Å². The van der Waals surface area contributed by atoms with Gasteiger partial charge in [0, 0.05) is 60.1 Å². The molecule has 3 aromatic heterocycles. The second-order valence-electron chi connectivity index (χ2n) is 9.91. The van der Waals surface area contributed by atoms with Gasteiger partial charge in [0.05, 0.1) is 18.8 Å². The lowest BCUT2D eigenvalue weighted by atomic mass is 10.0. The molecule has 3 heterocycles. The number of aliphatic hydroxyl groups is 1. The maximum absolute atomic E-state index is 13.5. The van der Waals surface area contributed by atoms with E-state index in [1.165, 1.54) is 32.0 Å². The quantitative estimate of drug-likeness (QED) is 0.0878. The second kappa shape index (κ2) is 13.6. The van der Waals surface area contributed by atoms with Gasteiger partial charge >= 0.3 is 5.97 Å². The molecule has 0 saturated heterocycles. The monoisotopic (exact) mass is 579 g/mol. The van der Waals surface area contributed by atoms with Crippen molar-refractivity contribution in [3.05, 3.63) is 72.5 Å². The summed E-state index contributed by atoms with van der Waals surface area (Å²) in [6.07, 6.45) is 6.18. The number of hydrogen-bond acceptors (Lipinski definition) is 8. The van der Waals surface area contributed by atoms with Crippen LogP contribution in [0, 0.1) is 0 Å². The van der Waals surface area contributed by atoms with E-state index in [0.717, 1.165) is 10.9 Å². The van der Waals surface area contributed by atoms with Gasteiger partial charge in [0.15, 0.2) is 0 Å². The Hall–Kier alpha value is -5.02. The first-order chi connectivity index (χ1) is 20.1. The molecular formula is C27H33N9O6. The summed E-state index contributed by atoms with van der Waals surface area (Å²) in [5, 5.41) is 28.1. The predicted octanol–water partition coefficient (Wildman–Crippen LogP) is -1.11. The smallest absolute Gasteiger partial charge is 0.326 e. The number of aromatic amines is 3. The van der Waals surface area contributed by atoms with Crippen molar-refractivity contribution in [2.45, 2.75) is 56.5 Å². The summed E-state index contributed by atoms with van der Waals surface area (Å²) in [5.41, 5.74) is 8.29. The Labute approximate surface area is 239 Å². The number of H-pyrrole nitrogens is 3. The molecule has 10 N–H and O–H groups in total. The number of fused-ring (bicyclic) bond motifs is 1. The number of hydrogen-bond donors (Lipinski definition) is 9. The van der Waals surface area contributed by atoms with E-state index in [1.54, 1.807) is 6.20 Å². The summed E-state index contributed by atoms with van der Waals surface area (Å²) in [6.45, 7) is 1.34. The predicted molar refractivity (Wildman–Crippen MR) is 150 cm³/mol. The number of nitrogens with two attached hydrogens (primary N) is 1. The van der Waals surface area contributed by atoms with Gasteiger partial charge in [-0.1, -0.05) is 18.2 Å². The van der Waals surface area contributed by atoms with Crippen molar-refractivity contribution >= 4 is 34.6 Å². The minimum absolute atomic E-state index is 0.00838. The van der Waals surface area contributed by atoms with Crippen LogP contribution in [0.25, 0.3) is 10.9 Å². The number of para-hydroxylation sites is 1. The van der Waals surface area contributed by atoms with Gasteiger partial charge < -0.3 is 46.8 Å². The highest BCUT2D eigenvalue weighted by Crippen LogP contribution is 2.19. The molecule has 0 fully saturated rings. The molecule has 42 heavy (non-hydrogen) atoms. The fourth-order valence-corrected chi connectivity index (χ4v) is 4.40. The molecule has 3 amide bonds. The maximum atomic E-state index is 13.5. The van der Waals surface area contributed by atoms with Crippen LogP contribution in [0.4, 0.5) is 0 Å². The summed E-state index contributed by atoms with van der Waals surface area (Å²) < 4.78 is 0. The summed E-state index contributed by atoms with van der Waals surface area (Å²) in [7, 11) is 0. The molecule has 0 aliphatic heterocycles. The number of benzene rings is 1. The largest absolute Gasteiger partial charge is 0.480 e. The van der Waals surface area contributed by atoms with Crippen LogP contribution in [0.3, 0.4) is 0 Å². The number of nitrogens with one attached hydrogen (secondary N) is 6. The number of carbonyl (C=O) groups excluding carboxylic acids is 3. The van der Waals surface area contributed by atoms with Crippen LogP contribution in [0.5, 0.6) is 0 Å². The van der Waals surface area contributed by atoms with Gasteiger partial charge in [-0.25, -0.2) is 14.8 Å². The highest BCUT2D eigenvalue weighted by molar-refractivity contribution is 5.94. The van der Waals surface area contributed by atoms with Gasteiger partial charge in [-0.15, -0.1) is 0 Å². The number of nitrogens with zero attached hydrogens (tertiary/aromatic N) is 2. The molecule has 0 aliphatic rings. The van der Waals surface area contributed by atoms with E-state index in [-0.39, 0.29) is 19.3 Å². The molecule has 0 bridgehead atoms. The first-order valence-electron chi connectivity index (χ1n) is 13.2. The summed E-state index contributed by atoms with van der Waals surface area (Å²) in [4.78, 5) is 68.4. The van der Waals surface area contributed by atoms with Crippen LogP contribution in [0.1, 0.15) is 23.9 Å². The molecule has 5 unspecified atom stereocenters. The second-order valence-corrected chi connectivity index (χ2v) is 9.91. The molecule has 0 aliphatic carbocycles. The first kappa shape index (κ1) is 30.0. The highest BCUT2D eigenvalue weighted by atomic mass is 16.4. The summed E-state index contributed by atoms with van der Waals surface area (Å²) in [6, 6.07) is 2.33. The zero-order valence-electron chi connectivity index (χ0n) is 22.7. The van der Waals surface area contributed by atoms with Crippen molar-refractivity contribution in [3.8, 4) is 0 Å². The van der Waals surface area contributed by atoms with Gasteiger partial charge in [-0.2, -0.15) is 0 Å². The maximum Gasteiger partial charge on any atom is 0.326 e. The Morgan fingerprint density at radius 2 is 1.38 bits per heavy atom. The number of aliphatic hydroxyl groups excluding tert-OH is 1. The molecule has 0 spiro atoms. The Morgan fingerprint density at radius 3 is 1.90 bits per heavy atom. The third-order valence-corrected chi connectivity index (χ3v) is 6.76. The number of carboxylic acids is 1. The van der Waals surface area contributed by atoms with E-state index >= 15 is 0 Å². The number of carboxylic acid groups (broad SMARTS) is 1. The van der Waals surface area contributed by atoms with Crippen molar-refractivity contribution in [2.75, 3.05) is 0 Å². The van der Waals surface area contributed by atoms with Crippen LogP contribution in [-0.2, 0) is 38.4 Å². The van der Waals surface area contributed by atoms with Gasteiger partial charge in [-0.05, 0) is 18.6 Å². The molecule has 4 rings (SSSR count). The van der Waals surface area contributed by atoms with E-state index in [1.807, 2.05) is 24.3 Å². The standard InChI is InChI=1S/C27H33N9O6/c1-14(37)23(28)26(40)35-21(8-17-11-30-13-33-17)24(38)34-20(7-16-10-29-12-32-16)25(39)36-22(27(41)42)6-15-9-31-19-5-3-2-4-18(15)19/h2-5,9-14,20-23,31,37H,6-8,28H2,1H3,(H,29,32)(H,30,33)(H,34,38)(H,35,40)(H,36,39)(H,41,42). The molecule has 15 heteroatoms. The van der Waals surface area contributed by atoms with Gasteiger partial charge in [0.25, 0.3) is 0 Å². The lowest BCUT2D eigenvalue weighted by molar-refractivity contribution is -0.142. The number of carbonyl (C=O) groups is 4. The average Bonchev–Trinajstić information content (AvgIpc) is 3.74. The van der Waals surface area contributed by atoms with Crippen LogP contribution >= 0.6 is 0 Å². The Bertz CT molecular complexity index is 1500. The fourth-order valence-electron chi connectivity index (χ4n) is 4.40. The van der Waals surface area contributed by atoms with Crippen LogP contribution in [-0.4, -0.2) is 89.1 Å². The van der Waals surface area contributed by atoms with Gasteiger partial charge in [-0.3, -0.25) is 14.4 Å². The van der Waals surface area contributed by atoms with Gasteiger partial charge in [0.1, 0.15) is 24.2 Å². The zero-order chi connectivity index (χ0) is 30.2. The summed E-state index contributed by atoms with van der Waals surface area (Å²) in [5.74, 6) is -3.52. The van der Waals surface area contributed by atoms with Crippen molar-refractivity contribution in [2.24, 2.45) is 5.73 Å². The molecule has 0 radical (unpaired) electrons. The molecule has 1 aromatic carbocycles. The van der Waals surface area contributed by atoms with E-state index in [9.17, 15) is 29.4 Å². The molecule has 15 nitrogen and oxygen atoms in total. The van der Waals surface area contributed by atoms with E-state index in [0.29, 0.717) is 17.0 Å². The number of imidazole rings is 2. The zero-order valence-corrected chi connectivity index (χ0v) is 22.7. The average molecular weight is 580 g/mol. The molecule has 5 atom stereocenters. The molecular weight excluding hydrogens is 546 g/mol. The van der Waals surface area contributed by atoms with Crippen LogP contribution < -0.4 is 21.7 Å². The minimum atomic E-state index is -1.30. The topological polar surface area (TPSA) is 244 Å². The lowest BCUT2D eigenvalue weighted by Gasteiger charge is -2.25. The van der Waals surface area contributed by atoms with Crippen molar-refractivity contribution in [3.63, 3.8) is 0 Å². The third-order valence-electron chi connectivity index (χ3n) is 6.76. The lowest BCUT2D eigenvalue weighted by Crippen LogP contribution is -2.59.